The van der Waals surface area contributed by atoms with Crippen molar-refractivity contribution >= 4 is 11.8 Å². The molecule has 4 nitrogen and oxygen atoms in total. The van der Waals surface area contributed by atoms with Crippen LogP contribution in [0.5, 0.6) is 0 Å². The third-order valence-electron chi connectivity index (χ3n) is 4.88. The number of alkyl halides is 3. The van der Waals surface area contributed by atoms with E-state index in [1.54, 1.807) is 18.2 Å². The second-order valence-electron chi connectivity index (χ2n) is 6.84. The van der Waals surface area contributed by atoms with Crippen molar-refractivity contribution in [3.05, 3.63) is 41.7 Å². The molecule has 0 spiro atoms. The Morgan fingerprint density at radius 2 is 1.79 bits per heavy atom. The minimum Gasteiger partial charge on any atom is -0.334 e. The van der Waals surface area contributed by atoms with Crippen LogP contribution in [0.2, 0.25) is 0 Å². The number of quaternary nitrogens is 1. The first-order chi connectivity index (χ1) is 13.5. The molecule has 0 aromatic carbocycles. The number of halogens is 3. The Labute approximate surface area is 166 Å². The maximum absolute atomic E-state index is 13.6. The van der Waals surface area contributed by atoms with Crippen LogP contribution in [-0.2, 0) is 6.18 Å². The van der Waals surface area contributed by atoms with Crippen LogP contribution < -0.4 is 4.90 Å². The van der Waals surface area contributed by atoms with Crippen molar-refractivity contribution < 1.29 is 18.1 Å². The number of hydrogen-bond donors (Lipinski definition) is 1. The lowest BCUT2D eigenvalue weighted by Crippen LogP contribution is -3.12. The molecule has 28 heavy (non-hydrogen) atoms. The molecule has 148 valence electrons. The van der Waals surface area contributed by atoms with Crippen molar-refractivity contribution in [3.63, 3.8) is 0 Å². The summed E-state index contributed by atoms with van der Waals surface area (Å²) in [6.45, 7) is 3.06. The quantitative estimate of drug-likeness (QED) is 0.770. The third kappa shape index (κ3) is 5.24. The Balaban J connectivity index is 1.86. The minimum atomic E-state index is -4.61. The van der Waals surface area contributed by atoms with Gasteiger partial charge in [-0.2, -0.15) is 18.4 Å². The first-order valence-electron chi connectivity index (χ1n) is 9.38. The van der Waals surface area contributed by atoms with Crippen LogP contribution in [0.1, 0.15) is 36.8 Å². The van der Waals surface area contributed by atoms with Gasteiger partial charge < -0.3 is 4.90 Å². The van der Waals surface area contributed by atoms with Crippen molar-refractivity contribution in [2.45, 2.75) is 36.9 Å². The van der Waals surface area contributed by atoms with Gasteiger partial charge in [0.15, 0.2) is 0 Å². The Kier molecular flexibility index (Phi) is 6.92. The minimum absolute atomic E-state index is 0.151. The number of rotatable bonds is 5. The predicted molar refractivity (Wildman–Crippen MR) is 102 cm³/mol. The molecule has 1 N–H and O–H groups in total. The number of nitriles is 1. The molecule has 2 aromatic rings. The fourth-order valence-corrected chi connectivity index (χ4v) is 4.45. The summed E-state index contributed by atoms with van der Waals surface area (Å²) < 4.78 is 40.7. The zero-order chi connectivity index (χ0) is 20.0. The van der Waals surface area contributed by atoms with Gasteiger partial charge in [-0.05, 0) is 43.9 Å². The highest BCUT2D eigenvalue weighted by Gasteiger charge is 2.36. The van der Waals surface area contributed by atoms with E-state index in [-0.39, 0.29) is 16.3 Å². The van der Waals surface area contributed by atoms with Gasteiger partial charge in [-0.3, -0.25) is 4.98 Å². The summed E-state index contributed by atoms with van der Waals surface area (Å²) in [5.74, 6) is 0.633. The van der Waals surface area contributed by atoms with E-state index in [0.717, 1.165) is 25.7 Å². The molecule has 1 fully saturated rings. The van der Waals surface area contributed by atoms with Crippen molar-refractivity contribution in [2.75, 3.05) is 25.4 Å². The maximum Gasteiger partial charge on any atom is 0.417 e. The number of pyridine rings is 2. The summed E-state index contributed by atoms with van der Waals surface area (Å²) in [7, 11) is 0. The number of aromatic nitrogens is 2. The number of nitrogens with one attached hydrogen (secondary N) is 1. The fourth-order valence-electron chi connectivity index (χ4n) is 3.40. The molecule has 3 heterocycles. The van der Waals surface area contributed by atoms with Crippen LogP contribution in [0.25, 0.3) is 11.3 Å². The molecule has 0 bridgehead atoms. The highest BCUT2D eigenvalue weighted by Crippen LogP contribution is 2.37. The van der Waals surface area contributed by atoms with Crippen molar-refractivity contribution in [1.82, 2.24) is 9.97 Å². The number of thioether (sulfide) groups is 1. The van der Waals surface area contributed by atoms with Gasteiger partial charge in [0, 0.05) is 23.7 Å². The van der Waals surface area contributed by atoms with Gasteiger partial charge in [-0.1, -0.05) is 11.8 Å². The summed E-state index contributed by atoms with van der Waals surface area (Å²) in [5, 5.41) is 9.54. The van der Waals surface area contributed by atoms with Gasteiger partial charge in [0.05, 0.1) is 36.5 Å². The van der Waals surface area contributed by atoms with E-state index in [4.69, 9.17) is 0 Å². The molecule has 0 saturated carbocycles. The lowest BCUT2D eigenvalue weighted by molar-refractivity contribution is -0.896. The van der Waals surface area contributed by atoms with Crippen LogP contribution in [0.15, 0.2) is 35.6 Å². The lowest BCUT2D eigenvalue weighted by Gasteiger charge is -2.17. The molecular weight excluding hydrogens is 385 g/mol. The van der Waals surface area contributed by atoms with Crippen molar-refractivity contribution in [2.24, 2.45) is 0 Å². The Bertz CT molecular complexity index is 826. The molecule has 1 saturated heterocycles. The van der Waals surface area contributed by atoms with Crippen LogP contribution in [0.4, 0.5) is 13.2 Å². The molecule has 2 aromatic heterocycles. The normalized spacial score (nSPS) is 15.8. The van der Waals surface area contributed by atoms with Crippen LogP contribution in [0.3, 0.4) is 0 Å². The lowest BCUT2D eigenvalue weighted by atomic mass is 10.1. The Morgan fingerprint density at radius 1 is 1.11 bits per heavy atom. The smallest absolute Gasteiger partial charge is 0.334 e. The molecule has 0 aliphatic carbocycles. The highest BCUT2D eigenvalue weighted by atomic mass is 32.2. The van der Waals surface area contributed by atoms with E-state index >= 15 is 0 Å². The van der Waals surface area contributed by atoms with Gasteiger partial charge >= 0.3 is 6.18 Å². The molecule has 1 aliphatic heterocycles. The monoisotopic (exact) mass is 407 g/mol. The number of hydrogen-bond acceptors (Lipinski definition) is 4. The van der Waals surface area contributed by atoms with Gasteiger partial charge in [0.1, 0.15) is 11.1 Å². The Morgan fingerprint density at radius 3 is 2.39 bits per heavy atom. The molecule has 0 unspecified atom stereocenters. The van der Waals surface area contributed by atoms with Crippen molar-refractivity contribution in [1.29, 1.82) is 5.26 Å². The number of nitrogens with zero attached hydrogens (tertiary/aromatic N) is 3. The summed E-state index contributed by atoms with van der Waals surface area (Å²) in [4.78, 5) is 9.77. The third-order valence-corrected chi connectivity index (χ3v) is 5.86. The van der Waals surface area contributed by atoms with Crippen LogP contribution in [-0.4, -0.2) is 35.4 Å². The standard InChI is InChI=1S/C20H21F3N4S/c21-20(22,23)17-13-18(15-5-7-25-8-6-15)26-19(16(17)14-24)28-12-11-27-9-3-1-2-4-10-27/h5-8,13H,1-4,9-12H2/p+1. The summed E-state index contributed by atoms with van der Waals surface area (Å²) in [5.41, 5.74) is -0.564. The molecule has 1 aliphatic rings. The average molecular weight is 407 g/mol. The van der Waals surface area contributed by atoms with Gasteiger partial charge in [-0.25, -0.2) is 4.98 Å². The molecule has 0 amide bonds. The number of likely N-dealkylation sites (tertiary alicyclic amines) is 1. The van der Waals surface area contributed by atoms with Gasteiger partial charge in [0.2, 0.25) is 0 Å². The summed E-state index contributed by atoms with van der Waals surface area (Å²) in [6.07, 6.45) is 3.30. The second kappa shape index (κ2) is 9.39. The van der Waals surface area contributed by atoms with E-state index in [1.807, 2.05) is 0 Å². The first kappa shape index (κ1) is 20.6. The fraction of sp³-hybridized carbons (Fsp3) is 0.450. The first-order valence-corrected chi connectivity index (χ1v) is 10.4. The van der Waals surface area contributed by atoms with E-state index < -0.39 is 11.7 Å². The average Bonchev–Trinajstić information content (AvgIpc) is 2.96. The zero-order valence-corrected chi connectivity index (χ0v) is 16.2. The van der Waals surface area contributed by atoms with E-state index in [1.165, 1.54) is 54.7 Å². The summed E-state index contributed by atoms with van der Waals surface area (Å²) in [6, 6.07) is 5.91. The highest BCUT2D eigenvalue weighted by molar-refractivity contribution is 7.99. The zero-order valence-electron chi connectivity index (χ0n) is 15.4. The van der Waals surface area contributed by atoms with Crippen molar-refractivity contribution in [3.8, 4) is 17.3 Å². The maximum atomic E-state index is 13.6. The largest absolute Gasteiger partial charge is 0.417 e. The van der Waals surface area contributed by atoms with E-state index in [2.05, 4.69) is 9.97 Å². The molecule has 0 atom stereocenters. The molecular formula is C20H22F3N4S+. The van der Waals surface area contributed by atoms with E-state index in [9.17, 15) is 18.4 Å². The summed E-state index contributed by atoms with van der Waals surface area (Å²) >= 11 is 1.24. The van der Waals surface area contributed by atoms with E-state index in [0.29, 0.717) is 11.3 Å². The van der Waals surface area contributed by atoms with Gasteiger partial charge in [0.25, 0.3) is 0 Å². The molecule has 8 heteroatoms. The molecule has 3 rings (SSSR count). The van der Waals surface area contributed by atoms with Crippen LogP contribution in [0, 0.1) is 11.3 Å². The topological polar surface area (TPSA) is 54.0 Å². The predicted octanol–water partition coefficient (Wildman–Crippen LogP) is 3.59. The second-order valence-corrected chi connectivity index (χ2v) is 7.93. The van der Waals surface area contributed by atoms with Crippen LogP contribution >= 0.6 is 11.8 Å². The molecule has 0 radical (unpaired) electrons. The van der Waals surface area contributed by atoms with Gasteiger partial charge in [-0.15, -0.1) is 0 Å². The Hall–Kier alpha value is -2.11. The SMILES string of the molecule is N#Cc1c(C(F)(F)F)cc(-c2ccncc2)nc1SCC[NH+]1CCCCCC1.